The number of benzene rings is 2. The van der Waals surface area contributed by atoms with Crippen molar-refractivity contribution in [3.8, 4) is 5.75 Å². The summed E-state index contributed by atoms with van der Waals surface area (Å²) in [5.74, 6) is -0.195. The summed E-state index contributed by atoms with van der Waals surface area (Å²) in [7, 11) is 0. The maximum atomic E-state index is 13.4. The molecular formula is C16H14ClFO2. The number of aryl methyl sites for hydroxylation is 1. The zero-order valence-corrected chi connectivity index (χ0v) is 11.9. The molecule has 4 heteroatoms. The van der Waals surface area contributed by atoms with Crippen LogP contribution < -0.4 is 4.74 Å². The Bertz CT molecular complexity index is 623. The van der Waals surface area contributed by atoms with E-state index in [1.54, 1.807) is 50.2 Å². The molecule has 0 saturated heterocycles. The van der Waals surface area contributed by atoms with Crippen molar-refractivity contribution >= 4 is 17.4 Å². The molecule has 0 N–H and O–H groups in total. The smallest absolute Gasteiger partial charge is 0.202 e. The van der Waals surface area contributed by atoms with Crippen LogP contribution in [-0.4, -0.2) is 11.9 Å². The van der Waals surface area contributed by atoms with Gasteiger partial charge in [-0.25, -0.2) is 4.39 Å². The molecule has 0 spiro atoms. The Morgan fingerprint density at radius 2 is 1.85 bits per heavy atom. The summed E-state index contributed by atoms with van der Waals surface area (Å²) in [5, 5.41) is 0.565. The highest BCUT2D eigenvalue weighted by Gasteiger charge is 2.17. The van der Waals surface area contributed by atoms with E-state index in [2.05, 4.69) is 0 Å². The summed E-state index contributed by atoms with van der Waals surface area (Å²) < 4.78 is 18.9. The fourth-order valence-electron chi connectivity index (χ4n) is 1.75. The topological polar surface area (TPSA) is 26.3 Å². The number of Topliss-reactive ketones (excluding diaryl/α,β-unsaturated/α-hetero) is 1. The van der Waals surface area contributed by atoms with Crippen molar-refractivity contribution in [2.45, 2.75) is 20.0 Å². The molecule has 1 unspecified atom stereocenters. The molecule has 2 nitrogen and oxygen atoms in total. The fourth-order valence-corrected chi connectivity index (χ4v) is 1.88. The largest absolute Gasteiger partial charge is 0.482 e. The highest BCUT2D eigenvalue weighted by Crippen LogP contribution is 2.19. The molecule has 2 aromatic carbocycles. The van der Waals surface area contributed by atoms with E-state index in [9.17, 15) is 9.18 Å². The average Bonchev–Trinajstić information content (AvgIpc) is 2.43. The number of rotatable bonds is 4. The van der Waals surface area contributed by atoms with Gasteiger partial charge in [0.15, 0.2) is 6.10 Å². The van der Waals surface area contributed by atoms with Crippen molar-refractivity contribution in [2.24, 2.45) is 0 Å². The molecule has 0 heterocycles. The maximum absolute atomic E-state index is 13.4. The second-order valence-electron chi connectivity index (χ2n) is 4.54. The minimum absolute atomic E-state index is 0.178. The lowest BCUT2D eigenvalue weighted by molar-refractivity contribution is 0.0817. The normalized spacial score (nSPS) is 12.0. The lowest BCUT2D eigenvalue weighted by atomic mass is 10.1. The summed E-state index contributed by atoms with van der Waals surface area (Å²) >= 11 is 5.77. The molecular weight excluding hydrogens is 279 g/mol. The maximum Gasteiger partial charge on any atom is 0.202 e. The predicted molar refractivity (Wildman–Crippen MR) is 77.0 cm³/mol. The molecule has 20 heavy (non-hydrogen) atoms. The SMILES string of the molecule is Cc1ccc(OC(C)C(=O)c2ccc(Cl)cc2)cc1F. The molecule has 0 bridgehead atoms. The Morgan fingerprint density at radius 3 is 2.45 bits per heavy atom. The highest BCUT2D eigenvalue weighted by molar-refractivity contribution is 6.30. The molecule has 0 fully saturated rings. The first-order chi connectivity index (χ1) is 9.47. The number of hydrogen-bond acceptors (Lipinski definition) is 2. The first kappa shape index (κ1) is 14.5. The van der Waals surface area contributed by atoms with Crippen molar-refractivity contribution < 1.29 is 13.9 Å². The molecule has 0 aliphatic rings. The number of carbonyl (C=O) groups excluding carboxylic acids is 1. The van der Waals surface area contributed by atoms with Gasteiger partial charge in [0.1, 0.15) is 11.6 Å². The molecule has 1 atom stereocenters. The van der Waals surface area contributed by atoms with Crippen LogP contribution in [0.25, 0.3) is 0 Å². The van der Waals surface area contributed by atoms with Gasteiger partial charge in [-0.2, -0.15) is 0 Å². The fraction of sp³-hybridized carbons (Fsp3) is 0.188. The monoisotopic (exact) mass is 292 g/mol. The van der Waals surface area contributed by atoms with Crippen LogP contribution >= 0.6 is 11.6 Å². The van der Waals surface area contributed by atoms with E-state index >= 15 is 0 Å². The zero-order valence-electron chi connectivity index (χ0n) is 11.2. The van der Waals surface area contributed by atoms with Crippen LogP contribution in [0.2, 0.25) is 5.02 Å². The summed E-state index contributed by atoms with van der Waals surface area (Å²) in [6.45, 7) is 3.30. The summed E-state index contributed by atoms with van der Waals surface area (Å²) in [4.78, 5) is 12.2. The third-order valence-electron chi connectivity index (χ3n) is 2.95. The molecule has 0 aromatic heterocycles. The molecule has 0 radical (unpaired) electrons. The quantitative estimate of drug-likeness (QED) is 0.779. The number of carbonyl (C=O) groups is 1. The standard InChI is InChI=1S/C16H14ClFO2/c1-10-3-8-14(9-15(10)18)20-11(2)16(19)12-4-6-13(17)7-5-12/h3-9,11H,1-2H3. The molecule has 2 rings (SSSR count). The van der Waals surface area contributed by atoms with Gasteiger partial charge in [0.05, 0.1) is 0 Å². The molecule has 0 saturated carbocycles. The van der Waals surface area contributed by atoms with E-state index in [-0.39, 0.29) is 11.6 Å². The van der Waals surface area contributed by atoms with Crippen molar-refractivity contribution in [1.29, 1.82) is 0 Å². The Hall–Kier alpha value is -1.87. The minimum Gasteiger partial charge on any atom is -0.482 e. The Morgan fingerprint density at radius 1 is 1.20 bits per heavy atom. The van der Waals surface area contributed by atoms with E-state index in [0.717, 1.165) is 0 Å². The van der Waals surface area contributed by atoms with Crippen LogP contribution in [0, 0.1) is 12.7 Å². The Kier molecular flexibility index (Phi) is 4.40. The van der Waals surface area contributed by atoms with Crippen LogP contribution in [0.4, 0.5) is 4.39 Å². The Balaban J connectivity index is 2.11. The van der Waals surface area contributed by atoms with Gasteiger partial charge in [-0.05, 0) is 49.7 Å². The van der Waals surface area contributed by atoms with Crippen molar-refractivity contribution in [3.05, 3.63) is 64.4 Å². The van der Waals surface area contributed by atoms with E-state index in [0.29, 0.717) is 21.9 Å². The van der Waals surface area contributed by atoms with Gasteiger partial charge in [-0.3, -0.25) is 4.79 Å². The molecule has 104 valence electrons. The van der Waals surface area contributed by atoms with Gasteiger partial charge in [-0.1, -0.05) is 17.7 Å². The molecule has 2 aromatic rings. The Labute approximate surface area is 122 Å². The average molecular weight is 293 g/mol. The highest BCUT2D eigenvalue weighted by atomic mass is 35.5. The van der Waals surface area contributed by atoms with Crippen LogP contribution in [0.15, 0.2) is 42.5 Å². The summed E-state index contributed by atoms with van der Waals surface area (Å²) in [5.41, 5.74) is 1.04. The summed E-state index contributed by atoms with van der Waals surface area (Å²) in [6.07, 6.45) is -0.696. The van der Waals surface area contributed by atoms with Crippen molar-refractivity contribution in [3.63, 3.8) is 0 Å². The van der Waals surface area contributed by atoms with E-state index < -0.39 is 6.10 Å². The van der Waals surface area contributed by atoms with Crippen LogP contribution in [0.5, 0.6) is 5.75 Å². The molecule has 0 aliphatic heterocycles. The second kappa shape index (κ2) is 6.06. The van der Waals surface area contributed by atoms with Gasteiger partial charge in [0.25, 0.3) is 0 Å². The van der Waals surface area contributed by atoms with Crippen LogP contribution in [-0.2, 0) is 0 Å². The zero-order chi connectivity index (χ0) is 14.7. The van der Waals surface area contributed by atoms with Crippen LogP contribution in [0.1, 0.15) is 22.8 Å². The van der Waals surface area contributed by atoms with Gasteiger partial charge >= 0.3 is 0 Å². The third-order valence-corrected chi connectivity index (χ3v) is 3.21. The van der Waals surface area contributed by atoms with Gasteiger partial charge in [-0.15, -0.1) is 0 Å². The van der Waals surface area contributed by atoms with E-state index in [1.165, 1.54) is 6.07 Å². The van der Waals surface area contributed by atoms with Crippen molar-refractivity contribution in [1.82, 2.24) is 0 Å². The molecule has 0 amide bonds. The predicted octanol–water partition coefficient (Wildman–Crippen LogP) is 4.44. The lowest BCUT2D eigenvalue weighted by Gasteiger charge is -2.14. The number of ether oxygens (including phenoxy) is 1. The van der Waals surface area contributed by atoms with Crippen molar-refractivity contribution in [2.75, 3.05) is 0 Å². The van der Waals surface area contributed by atoms with Crippen LogP contribution in [0.3, 0.4) is 0 Å². The van der Waals surface area contributed by atoms with Gasteiger partial charge in [0.2, 0.25) is 5.78 Å². The summed E-state index contributed by atoms with van der Waals surface area (Å²) in [6, 6.07) is 11.1. The first-order valence-electron chi connectivity index (χ1n) is 6.20. The van der Waals surface area contributed by atoms with Gasteiger partial charge < -0.3 is 4.74 Å². The minimum atomic E-state index is -0.696. The molecule has 0 aliphatic carbocycles. The third kappa shape index (κ3) is 3.36. The second-order valence-corrected chi connectivity index (χ2v) is 4.98. The number of halogens is 2. The number of ketones is 1. The number of hydrogen-bond donors (Lipinski definition) is 0. The van der Waals surface area contributed by atoms with E-state index in [1.807, 2.05) is 0 Å². The lowest BCUT2D eigenvalue weighted by Crippen LogP contribution is -2.23. The van der Waals surface area contributed by atoms with Gasteiger partial charge in [0, 0.05) is 16.7 Å². The van der Waals surface area contributed by atoms with E-state index in [4.69, 9.17) is 16.3 Å². The first-order valence-corrected chi connectivity index (χ1v) is 6.58.